The van der Waals surface area contributed by atoms with E-state index in [1.54, 1.807) is 31.4 Å². The Balaban J connectivity index is 2.23. The number of rotatable bonds is 4. The maximum atomic E-state index is 12.9. The van der Waals surface area contributed by atoms with Crippen LogP contribution in [0.2, 0.25) is 0 Å². The fourth-order valence-corrected chi connectivity index (χ4v) is 2.49. The highest BCUT2D eigenvalue weighted by Crippen LogP contribution is 2.32. The molecule has 0 amide bonds. The first kappa shape index (κ1) is 16.0. The predicted octanol–water partition coefficient (Wildman–Crippen LogP) is 4.41. The van der Waals surface area contributed by atoms with Gasteiger partial charge in [0.2, 0.25) is 5.43 Å². The highest BCUT2D eigenvalue weighted by Gasteiger charge is 2.18. The average molecular weight is 332 g/mol. The molecular formula is C18H14F2O4. The Kier molecular flexibility index (Phi) is 4.20. The summed E-state index contributed by atoms with van der Waals surface area (Å²) in [7, 11) is 2.87. The fourth-order valence-electron chi connectivity index (χ4n) is 2.49. The summed E-state index contributed by atoms with van der Waals surface area (Å²) in [5.41, 5.74) is 0.394. The number of hydrogen-bond donors (Lipinski definition) is 0. The molecule has 0 unspecified atom stereocenters. The average Bonchev–Trinajstić information content (AvgIpc) is 2.61. The third-order valence-electron chi connectivity index (χ3n) is 3.74. The predicted molar refractivity (Wildman–Crippen MR) is 86.0 cm³/mol. The molecule has 0 spiro atoms. The van der Waals surface area contributed by atoms with Gasteiger partial charge in [0, 0.05) is 5.56 Å². The van der Waals surface area contributed by atoms with Gasteiger partial charge in [0.25, 0.3) is 6.43 Å². The van der Waals surface area contributed by atoms with Crippen molar-refractivity contribution in [2.75, 3.05) is 14.2 Å². The summed E-state index contributed by atoms with van der Waals surface area (Å²) in [6.45, 7) is 0. The molecule has 2 aromatic carbocycles. The molecule has 0 N–H and O–H groups in total. The lowest BCUT2D eigenvalue weighted by molar-refractivity contribution is 0.151. The molecule has 0 aliphatic rings. The zero-order chi connectivity index (χ0) is 17.3. The van der Waals surface area contributed by atoms with Crippen LogP contribution in [-0.2, 0) is 0 Å². The van der Waals surface area contributed by atoms with Crippen LogP contribution < -0.4 is 14.9 Å². The van der Waals surface area contributed by atoms with Gasteiger partial charge in [-0.3, -0.25) is 4.79 Å². The molecule has 3 rings (SSSR count). The van der Waals surface area contributed by atoms with Crippen molar-refractivity contribution in [3.63, 3.8) is 0 Å². The second kappa shape index (κ2) is 6.31. The zero-order valence-electron chi connectivity index (χ0n) is 13.0. The van der Waals surface area contributed by atoms with Crippen LogP contribution >= 0.6 is 0 Å². The van der Waals surface area contributed by atoms with Crippen molar-refractivity contribution in [1.82, 2.24) is 0 Å². The third kappa shape index (κ3) is 2.71. The Morgan fingerprint density at radius 1 is 1.04 bits per heavy atom. The second-order valence-electron chi connectivity index (χ2n) is 5.10. The van der Waals surface area contributed by atoms with Gasteiger partial charge in [0.1, 0.15) is 28.7 Å². The van der Waals surface area contributed by atoms with Crippen molar-refractivity contribution in [3.05, 3.63) is 58.4 Å². The summed E-state index contributed by atoms with van der Waals surface area (Å²) in [6, 6.07) is 9.18. The minimum absolute atomic E-state index is 0.0620. The molecule has 124 valence electrons. The van der Waals surface area contributed by atoms with E-state index in [2.05, 4.69) is 0 Å². The van der Waals surface area contributed by atoms with E-state index in [1.807, 2.05) is 0 Å². The van der Waals surface area contributed by atoms with Crippen molar-refractivity contribution in [2.24, 2.45) is 0 Å². The molecule has 4 nitrogen and oxygen atoms in total. The summed E-state index contributed by atoms with van der Waals surface area (Å²) in [4.78, 5) is 12.8. The molecule has 24 heavy (non-hydrogen) atoms. The van der Waals surface area contributed by atoms with E-state index < -0.39 is 6.43 Å². The molecular weight excluding hydrogens is 318 g/mol. The maximum absolute atomic E-state index is 12.9. The van der Waals surface area contributed by atoms with Gasteiger partial charge in [-0.2, -0.15) is 0 Å². The van der Waals surface area contributed by atoms with Crippen molar-refractivity contribution in [3.8, 4) is 22.6 Å². The maximum Gasteiger partial charge on any atom is 0.264 e. The molecule has 0 saturated carbocycles. The molecule has 0 bridgehead atoms. The van der Waals surface area contributed by atoms with Gasteiger partial charge in [-0.05, 0) is 29.8 Å². The number of hydrogen-bond acceptors (Lipinski definition) is 4. The molecule has 0 fully saturated rings. The van der Waals surface area contributed by atoms with E-state index in [1.165, 1.54) is 13.4 Å². The standard InChI is InChI=1S/C18H14F2O4/c1-22-12-5-3-10(4-6-12)13-9-24-15-8-11(18(19)20)7-14(23-2)16(15)17(13)21/h3-9,18H,1-2H3. The summed E-state index contributed by atoms with van der Waals surface area (Å²) in [6.07, 6.45) is -1.42. The normalized spacial score (nSPS) is 11.0. The number of ether oxygens (including phenoxy) is 2. The van der Waals surface area contributed by atoms with Crippen LogP contribution in [0, 0.1) is 0 Å². The minimum atomic E-state index is -2.69. The first-order valence-corrected chi connectivity index (χ1v) is 7.11. The van der Waals surface area contributed by atoms with Crippen LogP contribution in [0.4, 0.5) is 8.78 Å². The lowest BCUT2D eigenvalue weighted by Crippen LogP contribution is -2.07. The van der Waals surface area contributed by atoms with Crippen LogP contribution in [0.5, 0.6) is 11.5 Å². The lowest BCUT2D eigenvalue weighted by atomic mass is 10.0. The molecule has 3 aromatic rings. The van der Waals surface area contributed by atoms with Crippen molar-refractivity contribution in [1.29, 1.82) is 0 Å². The van der Waals surface area contributed by atoms with E-state index in [0.717, 1.165) is 12.1 Å². The summed E-state index contributed by atoms with van der Waals surface area (Å²) in [5.74, 6) is 0.718. The van der Waals surface area contributed by atoms with Gasteiger partial charge in [0.15, 0.2) is 0 Å². The zero-order valence-corrected chi connectivity index (χ0v) is 13.0. The van der Waals surface area contributed by atoms with Gasteiger partial charge >= 0.3 is 0 Å². The van der Waals surface area contributed by atoms with Crippen LogP contribution in [0.3, 0.4) is 0 Å². The van der Waals surface area contributed by atoms with Crippen LogP contribution in [0.25, 0.3) is 22.1 Å². The quantitative estimate of drug-likeness (QED) is 0.710. The minimum Gasteiger partial charge on any atom is -0.497 e. The monoisotopic (exact) mass is 332 g/mol. The van der Waals surface area contributed by atoms with Gasteiger partial charge < -0.3 is 13.9 Å². The first-order chi connectivity index (χ1) is 11.5. The highest BCUT2D eigenvalue weighted by atomic mass is 19.3. The smallest absolute Gasteiger partial charge is 0.264 e. The number of methoxy groups -OCH3 is 2. The van der Waals surface area contributed by atoms with E-state index in [0.29, 0.717) is 16.9 Å². The Hall–Kier alpha value is -2.89. The van der Waals surface area contributed by atoms with Crippen molar-refractivity contribution in [2.45, 2.75) is 6.43 Å². The molecule has 0 atom stereocenters. The number of benzene rings is 2. The topological polar surface area (TPSA) is 48.7 Å². The van der Waals surface area contributed by atoms with Gasteiger partial charge in [-0.25, -0.2) is 8.78 Å². The molecule has 0 aliphatic carbocycles. The fraction of sp³-hybridized carbons (Fsp3) is 0.167. The van der Waals surface area contributed by atoms with Crippen molar-refractivity contribution >= 4 is 11.0 Å². The molecule has 0 saturated heterocycles. The van der Waals surface area contributed by atoms with Gasteiger partial charge in [-0.15, -0.1) is 0 Å². The summed E-state index contributed by atoms with van der Waals surface area (Å²) >= 11 is 0. The van der Waals surface area contributed by atoms with Gasteiger partial charge in [0.05, 0.1) is 19.8 Å². The molecule has 1 aromatic heterocycles. The third-order valence-corrected chi connectivity index (χ3v) is 3.74. The van der Waals surface area contributed by atoms with Crippen LogP contribution in [0.15, 0.2) is 51.9 Å². The van der Waals surface area contributed by atoms with Crippen molar-refractivity contribution < 1.29 is 22.7 Å². The number of fused-ring (bicyclic) bond motifs is 1. The lowest BCUT2D eigenvalue weighted by Gasteiger charge is -2.09. The summed E-state index contributed by atoms with van der Waals surface area (Å²) < 4.78 is 41.5. The Morgan fingerprint density at radius 3 is 2.33 bits per heavy atom. The molecule has 0 radical (unpaired) electrons. The SMILES string of the molecule is COc1ccc(-c2coc3cc(C(F)F)cc(OC)c3c2=O)cc1. The molecule has 1 heterocycles. The number of halogens is 2. The summed E-state index contributed by atoms with van der Waals surface area (Å²) in [5, 5.41) is 0.134. The molecule has 0 aliphatic heterocycles. The van der Waals surface area contributed by atoms with E-state index in [-0.39, 0.29) is 27.7 Å². The Labute approximate surface area is 136 Å². The van der Waals surface area contributed by atoms with Gasteiger partial charge in [-0.1, -0.05) is 12.1 Å². The Morgan fingerprint density at radius 2 is 1.75 bits per heavy atom. The highest BCUT2D eigenvalue weighted by molar-refractivity contribution is 5.87. The van der Waals surface area contributed by atoms with Crippen LogP contribution in [0.1, 0.15) is 12.0 Å². The largest absolute Gasteiger partial charge is 0.497 e. The molecule has 6 heteroatoms. The first-order valence-electron chi connectivity index (χ1n) is 7.11. The number of alkyl halides is 2. The van der Waals surface area contributed by atoms with E-state index in [9.17, 15) is 13.6 Å². The second-order valence-corrected chi connectivity index (χ2v) is 5.10. The van der Waals surface area contributed by atoms with E-state index in [4.69, 9.17) is 13.9 Å². The van der Waals surface area contributed by atoms with Crippen LogP contribution in [-0.4, -0.2) is 14.2 Å². The van der Waals surface area contributed by atoms with E-state index >= 15 is 0 Å². The Bertz CT molecular complexity index is 930.